The summed E-state index contributed by atoms with van der Waals surface area (Å²) in [4.78, 5) is 21.5. The fourth-order valence-corrected chi connectivity index (χ4v) is 0.745. The van der Waals surface area contributed by atoms with Gasteiger partial charge in [0.2, 0.25) is 5.60 Å². The van der Waals surface area contributed by atoms with Crippen molar-refractivity contribution in [1.82, 2.24) is 0 Å². The Morgan fingerprint density at radius 1 is 1.50 bits per heavy atom. The molecular weight excluding hydrogens is 184 g/mol. The van der Waals surface area contributed by atoms with Crippen LogP contribution in [-0.2, 0) is 19.1 Å². The minimum absolute atomic E-state index is 0.264. The Labute approximate surface area is 84.6 Å². The van der Waals surface area contributed by atoms with Crippen molar-refractivity contribution >= 4 is 12.4 Å². The molecule has 4 nitrogen and oxygen atoms in total. The third-order valence-electron chi connectivity index (χ3n) is 1.92. The van der Waals surface area contributed by atoms with Crippen molar-refractivity contribution in [1.29, 1.82) is 0 Å². The van der Waals surface area contributed by atoms with Crippen LogP contribution < -0.4 is 0 Å². The van der Waals surface area contributed by atoms with Crippen LogP contribution in [0.15, 0.2) is 0 Å². The molecule has 4 heteroatoms. The van der Waals surface area contributed by atoms with Crippen LogP contribution in [0.4, 0.5) is 0 Å². The molecule has 0 rings (SSSR count). The molecule has 81 valence electrons. The number of esters is 1. The van der Waals surface area contributed by atoms with Crippen LogP contribution >= 0.6 is 0 Å². The molecule has 0 saturated carbocycles. The van der Waals surface area contributed by atoms with E-state index < -0.39 is 11.6 Å². The number of carbonyl (C=O) groups excluding carboxylic acids is 2. The van der Waals surface area contributed by atoms with Crippen LogP contribution in [0.3, 0.4) is 0 Å². The second-order valence-corrected chi connectivity index (χ2v) is 3.76. The van der Waals surface area contributed by atoms with E-state index in [0.717, 1.165) is 0 Å². The number of hydrogen-bond acceptors (Lipinski definition) is 4. The van der Waals surface area contributed by atoms with Crippen LogP contribution in [0.5, 0.6) is 0 Å². The van der Waals surface area contributed by atoms with E-state index in [-0.39, 0.29) is 5.92 Å². The Hall–Kier alpha value is -1.06. The van der Waals surface area contributed by atoms with Crippen LogP contribution in [0.1, 0.15) is 34.1 Å². The SMILES string of the molecule is CCC(C)(O[C]=O)C(=O)OCC(C)C. The highest BCUT2D eigenvalue weighted by atomic mass is 16.6. The molecular formula is C10H17O4. The average molecular weight is 201 g/mol. The van der Waals surface area contributed by atoms with Gasteiger partial charge in [-0.15, -0.1) is 0 Å². The van der Waals surface area contributed by atoms with Crippen LogP contribution in [0.25, 0.3) is 0 Å². The van der Waals surface area contributed by atoms with Gasteiger partial charge >= 0.3 is 12.4 Å². The zero-order valence-electron chi connectivity index (χ0n) is 9.12. The second kappa shape index (κ2) is 5.62. The predicted molar refractivity (Wildman–Crippen MR) is 51.3 cm³/mol. The molecule has 0 aromatic heterocycles. The monoisotopic (exact) mass is 201 g/mol. The van der Waals surface area contributed by atoms with Crippen molar-refractivity contribution in [2.45, 2.75) is 39.7 Å². The molecule has 0 N–H and O–H groups in total. The number of hydrogen-bond donors (Lipinski definition) is 0. The van der Waals surface area contributed by atoms with E-state index in [1.54, 1.807) is 6.92 Å². The molecule has 1 radical (unpaired) electrons. The second-order valence-electron chi connectivity index (χ2n) is 3.76. The van der Waals surface area contributed by atoms with Crippen LogP contribution in [0, 0.1) is 5.92 Å². The minimum Gasteiger partial charge on any atom is -0.462 e. The van der Waals surface area contributed by atoms with Crippen molar-refractivity contribution in [2.24, 2.45) is 5.92 Å². The lowest BCUT2D eigenvalue weighted by Crippen LogP contribution is -2.39. The van der Waals surface area contributed by atoms with E-state index in [1.165, 1.54) is 13.4 Å². The smallest absolute Gasteiger partial charge is 0.418 e. The Morgan fingerprint density at radius 2 is 2.07 bits per heavy atom. The van der Waals surface area contributed by atoms with E-state index >= 15 is 0 Å². The zero-order valence-corrected chi connectivity index (χ0v) is 9.12. The Bertz CT molecular complexity index is 200. The van der Waals surface area contributed by atoms with Gasteiger partial charge < -0.3 is 9.47 Å². The third-order valence-corrected chi connectivity index (χ3v) is 1.92. The summed E-state index contributed by atoms with van der Waals surface area (Å²) >= 11 is 0. The first-order valence-electron chi connectivity index (χ1n) is 4.68. The first-order chi connectivity index (χ1) is 6.46. The summed E-state index contributed by atoms with van der Waals surface area (Å²) < 4.78 is 9.56. The van der Waals surface area contributed by atoms with E-state index in [0.29, 0.717) is 13.0 Å². The predicted octanol–water partition coefficient (Wildman–Crippen LogP) is 1.44. The molecule has 0 fully saturated rings. The molecule has 0 aliphatic carbocycles. The fourth-order valence-electron chi connectivity index (χ4n) is 0.745. The molecule has 0 amide bonds. The number of carbonyl (C=O) groups is 1. The van der Waals surface area contributed by atoms with Gasteiger partial charge in [-0.1, -0.05) is 20.8 Å². The quantitative estimate of drug-likeness (QED) is 0.610. The van der Waals surface area contributed by atoms with Gasteiger partial charge in [-0.25, -0.2) is 9.59 Å². The highest BCUT2D eigenvalue weighted by Crippen LogP contribution is 2.16. The summed E-state index contributed by atoms with van der Waals surface area (Å²) in [6.45, 7) is 8.73. The van der Waals surface area contributed by atoms with Crippen molar-refractivity contribution in [3.05, 3.63) is 0 Å². The summed E-state index contributed by atoms with van der Waals surface area (Å²) in [5, 5.41) is 0. The van der Waals surface area contributed by atoms with Crippen LogP contribution in [0.2, 0.25) is 0 Å². The number of ether oxygens (including phenoxy) is 2. The number of rotatable bonds is 6. The molecule has 14 heavy (non-hydrogen) atoms. The zero-order chi connectivity index (χ0) is 11.2. The summed E-state index contributed by atoms with van der Waals surface area (Å²) in [5.41, 5.74) is -1.20. The molecule has 0 bridgehead atoms. The normalized spacial score (nSPS) is 14.6. The maximum absolute atomic E-state index is 11.5. The molecule has 0 saturated heterocycles. The van der Waals surface area contributed by atoms with Crippen molar-refractivity contribution in [2.75, 3.05) is 6.61 Å². The van der Waals surface area contributed by atoms with Gasteiger partial charge in [-0.3, -0.25) is 0 Å². The van der Waals surface area contributed by atoms with Crippen molar-refractivity contribution < 1.29 is 19.1 Å². The van der Waals surface area contributed by atoms with Crippen molar-refractivity contribution in [3.63, 3.8) is 0 Å². The summed E-state index contributed by atoms with van der Waals surface area (Å²) in [5.74, 6) is -0.252. The third kappa shape index (κ3) is 3.77. The Balaban J connectivity index is 4.23. The van der Waals surface area contributed by atoms with E-state index in [2.05, 4.69) is 4.74 Å². The van der Waals surface area contributed by atoms with E-state index in [9.17, 15) is 9.59 Å². The maximum atomic E-state index is 11.5. The lowest BCUT2D eigenvalue weighted by Gasteiger charge is -2.23. The Kier molecular flexibility index (Phi) is 5.20. The summed E-state index contributed by atoms with van der Waals surface area (Å²) in [6.07, 6.45) is 0.374. The van der Waals surface area contributed by atoms with Crippen molar-refractivity contribution in [3.8, 4) is 0 Å². The first kappa shape index (κ1) is 12.9. The van der Waals surface area contributed by atoms with Gasteiger partial charge in [0, 0.05) is 0 Å². The molecule has 0 aliphatic rings. The lowest BCUT2D eigenvalue weighted by molar-refractivity contribution is -0.163. The molecule has 0 aromatic carbocycles. The minimum atomic E-state index is -1.20. The van der Waals surface area contributed by atoms with Gasteiger partial charge in [-0.2, -0.15) is 0 Å². The summed E-state index contributed by atoms with van der Waals surface area (Å²) in [7, 11) is 0. The molecule has 1 atom stereocenters. The van der Waals surface area contributed by atoms with Gasteiger partial charge in [-0.05, 0) is 19.3 Å². The van der Waals surface area contributed by atoms with Gasteiger partial charge in [0.05, 0.1) is 6.61 Å². The molecule has 0 spiro atoms. The molecule has 0 aliphatic heterocycles. The molecule has 1 unspecified atom stereocenters. The highest BCUT2D eigenvalue weighted by Gasteiger charge is 2.35. The summed E-state index contributed by atoms with van der Waals surface area (Å²) in [6, 6.07) is 0. The standard InChI is InChI=1S/C10H17O4/c1-5-10(4,14-7-11)9(12)13-6-8(2)3/h8H,5-6H2,1-4H3. The largest absolute Gasteiger partial charge is 0.462 e. The van der Waals surface area contributed by atoms with E-state index in [4.69, 9.17) is 4.74 Å². The molecule has 0 heterocycles. The maximum Gasteiger partial charge on any atom is 0.418 e. The van der Waals surface area contributed by atoms with Gasteiger partial charge in [0.1, 0.15) is 0 Å². The highest BCUT2D eigenvalue weighted by molar-refractivity contribution is 5.80. The van der Waals surface area contributed by atoms with Gasteiger partial charge in [0.25, 0.3) is 0 Å². The van der Waals surface area contributed by atoms with Gasteiger partial charge in [0.15, 0.2) is 0 Å². The van der Waals surface area contributed by atoms with Crippen LogP contribution in [-0.4, -0.2) is 24.6 Å². The topological polar surface area (TPSA) is 52.6 Å². The Morgan fingerprint density at radius 3 is 2.43 bits per heavy atom. The molecule has 0 aromatic rings. The first-order valence-corrected chi connectivity index (χ1v) is 4.68. The lowest BCUT2D eigenvalue weighted by atomic mass is 10.0. The van der Waals surface area contributed by atoms with E-state index in [1.807, 2.05) is 13.8 Å². The fraction of sp³-hybridized carbons (Fsp3) is 0.800. The average Bonchev–Trinajstić information content (AvgIpc) is 2.14.